The van der Waals surface area contributed by atoms with Crippen LogP contribution in [0.3, 0.4) is 0 Å². The molecule has 0 atom stereocenters. The second kappa shape index (κ2) is 6.42. The van der Waals surface area contributed by atoms with Crippen molar-refractivity contribution in [3.05, 3.63) is 33.8 Å². The summed E-state index contributed by atoms with van der Waals surface area (Å²) in [6, 6.07) is 5.00. The lowest BCUT2D eigenvalue weighted by Gasteiger charge is -1.96. The Labute approximate surface area is 105 Å². The maximum atomic E-state index is 11.0. The molecule has 16 heavy (non-hydrogen) atoms. The lowest BCUT2D eigenvalue weighted by molar-refractivity contribution is -0.141. The van der Waals surface area contributed by atoms with Gasteiger partial charge in [-0.3, -0.25) is 4.79 Å². The van der Waals surface area contributed by atoms with Gasteiger partial charge in [0.15, 0.2) is 0 Å². The first-order valence-corrected chi connectivity index (χ1v) is 5.48. The van der Waals surface area contributed by atoms with Gasteiger partial charge in [-0.1, -0.05) is 35.0 Å². The maximum absolute atomic E-state index is 11.0. The smallest absolute Gasteiger partial charge is 0.317 e. The van der Waals surface area contributed by atoms with E-state index in [-0.39, 0.29) is 12.4 Å². The number of hydrogen-bond donors (Lipinski definition) is 0. The molecule has 0 fully saturated rings. The topological polar surface area (TPSA) is 26.3 Å². The van der Waals surface area contributed by atoms with E-state index in [2.05, 4.69) is 11.8 Å². The lowest BCUT2D eigenvalue weighted by Crippen LogP contribution is -2.01. The number of esters is 1. The van der Waals surface area contributed by atoms with E-state index in [1.54, 1.807) is 25.1 Å². The molecule has 0 aromatic heterocycles. The second-order valence-corrected chi connectivity index (χ2v) is 3.75. The van der Waals surface area contributed by atoms with E-state index in [0.29, 0.717) is 22.2 Å². The summed E-state index contributed by atoms with van der Waals surface area (Å²) < 4.78 is 4.73. The Morgan fingerprint density at radius 1 is 1.44 bits per heavy atom. The van der Waals surface area contributed by atoms with E-state index < -0.39 is 0 Å². The van der Waals surface area contributed by atoms with Gasteiger partial charge in [-0.25, -0.2) is 0 Å². The van der Waals surface area contributed by atoms with E-state index >= 15 is 0 Å². The van der Waals surface area contributed by atoms with Crippen LogP contribution in [0.2, 0.25) is 10.0 Å². The Bertz CT molecular complexity index is 444. The zero-order valence-electron chi connectivity index (χ0n) is 8.72. The van der Waals surface area contributed by atoms with Crippen molar-refractivity contribution in [3.8, 4) is 11.8 Å². The highest BCUT2D eigenvalue weighted by Crippen LogP contribution is 2.19. The van der Waals surface area contributed by atoms with Crippen LogP contribution in [-0.4, -0.2) is 12.6 Å². The molecule has 0 spiro atoms. The molecule has 84 valence electrons. The van der Waals surface area contributed by atoms with Crippen molar-refractivity contribution in [2.45, 2.75) is 13.3 Å². The molecule has 0 heterocycles. The molecular weight excluding hydrogens is 247 g/mol. The largest absolute Gasteiger partial charge is 0.465 e. The number of carbonyl (C=O) groups excluding carboxylic acids is 1. The van der Waals surface area contributed by atoms with Crippen LogP contribution in [0, 0.1) is 11.8 Å². The third-order valence-electron chi connectivity index (χ3n) is 1.69. The Morgan fingerprint density at radius 2 is 2.19 bits per heavy atom. The lowest BCUT2D eigenvalue weighted by atomic mass is 10.2. The van der Waals surface area contributed by atoms with Crippen molar-refractivity contribution < 1.29 is 9.53 Å². The van der Waals surface area contributed by atoms with Gasteiger partial charge in [-0.15, -0.1) is 0 Å². The molecular formula is C12H10Cl2O2. The summed E-state index contributed by atoms with van der Waals surface area (Å²) >= 11 is 11.7. The second-order valence-electron chi connectivity index (χ2n) is 2.91. The van der Waals surface area contributed by atoms with E-state index in [1.165, 1.54) is 0 Å². The zero-order valence-corrected chi connectivity index (χ0v) is 10.2. The van der Waals surface area contributed by atoms with Crippen molar-refractivity contribution in [2.24, 2.45) is 0 Å². The Hall–Kier alpha value is -1.17. The summed E-state index contributed by atoms with van der Waals surface area (Å²) in [5.74, 6) is 5.12. The quantitative estimate of drug-likeness (QED) is 0.600. The molecule has 0 N–H and O–H groups in total. The van der Waals surface area contributed by atoms with Crippen molar-refractivity contribution in [1.82, 2.24) is 0 Å². The van der Waals surface area contributed by atoms with Gasteiger partial charge in [0.2, 0.25) is 0 Å². The number of rotatable bonds is 2. The highest BCUT2D eigenvalue weighted by Gasteiger charge is 1.99. The van der Waals surface area contributed by atoms with Gasteiger partial charge in [-0.2, -0.15) is 0 Å². The van der Waals surface area contributed by atoms with Gasteiger partial charge in [0.05, 0.1) is 11.6 Å². The average Bonchev–Trinajstić information content (AvgIpc) is 2.23. The van der Waals surface area contributed by atoms with Crippen LogP contribution in [0.15, 0.2) is 18.2 Å². The number of carbonyl (C=O) groups is 1. The predicted octanol–water partition coefficient (Wildman–Crippen LogP) is 3.30. The molecule has 0 saturated carbocycles. The molecule has 0 unspecified atom stereocenters. The number of hydrogen-bond acceptors (Lipinski definition) is 2. The fourth-order valence-electron chi connectivity index (χ4n) is 1.02. The molecule has 0 radical (unpaired) electrons. The minimum Gasteiger partial charge on any atom is -0.465 e. The van der Waals surface area contributed by atoms with Gasteiger partial charge >= 0.3 is 5.97 Å². The van der Waals surface area contributed by atoms with Crippen LogP contribution < -0.4 is 0 Å². The van der Waals surface area contributed by atoms with E-state index in [1.807, 2.05) is 0 Å². The first kappa shape index (κ1) is 12.9. The molecule has 0 aliphatic rings. The Kier molecular flexibility index (Phi) is 5.18. The summed E-state index contributed by atoms with van der Waals surface area (Å²) in [7, 11) is 0. The molecule has 2 nitrogen and oxygen atoms in total. The van der Waals surface area contributed by atoms with Crippen molar-refractivity contribution in [1.29, 1.82) is 0 Å². The molecule has 0 aliphatic heterocycles. The van der Waals surface area contributed by atoms with Crippen LogP contribution in [0.5, 0.6) is 0 Å². The number of benzene rings is 1. The average molecular weight is 257 g/mol. The Balaban J connectivity index is 2.69. The Morgan fingerprint density at radius 3 is 2.88 bits per heavy atom. The fourth-order valence-corrected chi connectivity index (χ4v) is 1.35. The standard InChI is InChI=1S/C12H10Cl2O2/c1-2-16-12(15)5-3-4-9-8-10(13)6-7-11(9)14/h6-8H,2,5H2,1H3. The van der Waals surface area contributed by atoms with E-state index in [9.17, 15) is 4.79 Å². The van der Waals surface area contributed by atoms with Gasteiger partial charge in [0.25, 0.3) is 0 Å². The monoisotopic (exact) mass is 256 g/mol. The van der Waals surface area contributed by atoms with Crippen LogP contribution >= 0.6 is 23.2 Å². The normalized spacial score (nSPS) is 9.19. The van der Waals surface area contributed by atoms with Gasteiger partial charge < -0.3 is 4.74 Å². The molecule has 1 aromatic rings. The van der Waals surface area contributed by atoms with Gasteiger partial charge in [0, 0.05) is 10.6 Å². The summed E-state index contributed by atoms with van der Waals surface area (Å²) in [5, 5.41) is 1.07. The molecule has 4 heteroatoms. The van der Waals surface area contributed by atoms with Crippen LogP contribution in [-0.2, 0) is 9.53 Å². The van der Waals surface area contributed by atoms with E-state index in [4.69, 9.17) is 27.9 Å². The van der Waals surface area contributed by atoms with Crippen LogP contribution in [0.4, 0.5) is 0 Å². The molecule has 0 bridgehead atoms. The first-order valence-electron chi connectivity index (χ1n) is 4.73. The summed E-state index contributed by atoms with van der Waals surface area (Å²) in [6.07, 6.45) is 0.0523. The SMILES string of the molecule is CCOC(=O)CC#Cc1cc(Cl)ccc1Cl. The molecule has 1 rings (SSSR count). The summed E-state index contributed by atoms with van der Waals surface area (Å²) in [5.41, 5.74) is 0.610. The molecule has 0 saturated heterocycles. The molecule has 0 aliphatic carbocycles. The number of ether oxygens (including phenoxy) is 1. The minimum atomic E-state index is -0.340. The minimum absolute atomic E-state index is 0.0523. The highest BCUT2D eigenvalue weighted by atomic mass is 35.5. The van der Waals surface area contributed by atoms with Crippen molar-refractivity contribution >= 4 is 29.2 Å². The zero-order chi connectivity index (χ0) is 12.0. The van der Waals surface area contributed by atoms with Gasteiger partial charge in [0.1, 0.15) is 6.42 Å². The summed E-state index contributed by atoms with van der Waals surface area (Å²) in [6.45, 7) is 2.11. The fraction of sp³-hybridized carbons (Fsp3) is 0.250. The van der Waals surface area contributed by atoms with Gasteiger partial charge in [-0.05, 0) is 25.1 Å². The van der Waals surface area contributed by atoms with Crippen LogP contribution in [0.1, 0.15) is 18.9 Å². The third-order valence-corrected chi connectivity index (χ3v) is 2.25. The summed E-state index contributed by atoms with van der Waals surface area (Å²) in [4.78, 5) is 11.0. The maximum Gasteiger partial charge on any atom is 0.317 e. The van der Waals surface area contributed by atoms with E-state index in [0.717, 1.165) is 0 Å². The van der Waals surface area contributed by atoms with Crippen molar-refractivity contribution in [2.75, 3.05) is 6.61 Å². The third kappa shape index (κ3) is 4.14. The molecule has 1 aromatic carbocycles. The predicted molar refractivity (Wildman–Crippen MR) is 64.6 cm³/mol. The van der Waals surface area contributed by atoms with Crippen LogP contribution in [0.25, 0.3) is 0 Å². The highest BCUT2D eigenvalue weighted by molar-refractivity contribution is 6.33. The molecule has 0 amide bonds. The van der Waals surface area contributed by atoms with Crippen molar-refractivity contribution in [3.63, 3.8) is 0 Å². The number of halogens is 2. The first-order chi connectivity index (χ1) is 7.63.